The molecule has 6 heteroatoms. The maximum absolute atomic E-state index is 5.88. The van der Waals surface area contributed by atoms with Crippen molar-refractivity contribution in [2.45, 2.75) is 26.9 Å². The lowest BCUT2D eigenvalue weighted by atomic mass is 10.1. The fourth-order valence-corrected chi connectivity index (χ4v) is 3.42. The van der Waals surface area contributed by atoms with Gasteiger partial charge in [-0.25, -0.2) is 0 Å². The highest BCUT2D eigenvalue weighted by molar-refractivity contribution is 9.11. The molecule has 0 amide bonds. The van der Waals surface area contributed by atoms with E-state index in [2.05, 4.69) is 37.0 Å². The molecule has 1 aromatic heterocycles. The number of nitrogens with zero attached hydrogens (tertiary/aromatic N) is 1. The normalized spacial score (nSPS) is 10.8. The van der Waals surface area contributed by atoms with E-state index < -0.39 is 0 Å². The van der Waals surface area contributed by atoms with Crippen molar-refractivity contribution in [2.75, 3.05) is 6.54 Å². The number of ether oxygens (including phenoxy) is 1. The standard InChI is InChI=1S/C14H16Br2N2O2/c1-8-11(9(2)20-18-8)7-19-14-12(15)5-10(3-4-17)6-13(14)16/h5-6H,3-4,7,17H2,1-2H3. The zero-order chi connectivity index (χ0) is 14.7. The third-order valence-corrected chi connectivity index (χ3v) is 4.21. The van der Waals surface area contributed by atoms with Crippen molar-refractivity contribution in [3.63, 3.8) is 0 Å². The van der Waals surface area contributed by atoms with Gasteiger partial charge in [-0.1, -0.05) is 5.16 Å². The van der Waals surface area contributed by atoms with Crippen LogP contribution < -0.4 is 10.5 Å². The Hall–Kier alpha value is -0.850. The first-order valence-electron chi connectivity index (χ1n) is 6.25. The molecule has 2 aromatic rings. The van der Waals surface area contributed by atoms with Crippen molar-refractivity contribution in [1.29, 1.82) is 0 Å². The van der Waals surface area contributed by atoms with Crippen molar-refractivity contribution in [3.8, 4) is 5.75 Å². The Labute approximate surface area is 134 Å². The summed E-state index contributed by atoms with van der Waals surface area (Å²) in [6.07, 6.45) is 0.835. The van der Waals surface area contributed by atoms with Crippen LogP contribution in [0, 0.1) is 13.8 Å². The first kappa shape index (κ1) is 15.5. The molecule has 108 valence electrons. The molecular formula is C14H16Br2N2O2. The minimum absolute atomic E-state index is 0.425. The van der Waals surface area contributed by atoms with E-state index in [1.165, 1.54) is 0 Å². The number of hydrogen-bond donors (Lipinski definition) is 1. The maximum atomic E-state index is 5.88. The van der Waals surface area contributed by atoms with Gasteiger partial charge in [-0.15, -0.1) is 0 Å². The average Bonchev–Trinajstić information content (AvgIpc) is 2.69. The summed E-state index contributed by atoms with van der Waals surface area (Å²) in [6, 6.07) is 4.06. The first-order valence-corrected chi connectivity index (χ1v) is 7.84. The molecule has 0 radical (unpaired) electrons. The SMILES string of the molecule is Cc1noc(C)c1COc1c(Br)cc(CCN)cc1Br. The number of benzene rings is 1. The van der Waals surface area contributed by atoms with E-state index >= 15 is 0 Å². The van der Waals surface area contributed by atoms with E-state index in [9.17, 15) is 0 Å². The van der Waals surface area contributed by atoms with Gasteiger partial charge in [0.25, 0.3) is 0 Å². The Bertz CT molecular complexity index is 569. The van der Waals surface area contributed by atoms with Crippen molar-refractivity contribution < 1.29 is 9.26 Å². The summed E-state index contributed by atoms with van der Waals surface area (Å²) < 4.78 is 12.8. The second-order valence-electron chi connectivity index (χ2n) is 4.52. The molecular weight excluding hydrogens is 388 g/mol. The molecule has 0 spiro atoms. The second-order valence-corrected chi connectivity index (χ2v) is 6.23. The number of nitrogens with two attached hydrogens (primary N) is 1. The number of aryl methyl sites for hydroxylation is 2. The molecule has 1 aromatic carbocycles. The summed E-state index contributed by atoms with van der Waals surface area (Å²) in [4.78, 5) is 0. The second kappa shape index (κ2) is 6.74. The summed E-state index contributed by atoms with van der Waals surface area (Å²) in [5.74, 6) is 1.56. The van der Waals surface area contributed by atoms with Crippen LogP contribution >= 0.6 is 31.9 Å². The van der Waals surface area contributed by atoms with Crippen LogP contribution in [0.1, 0.15) is 22.6 Å². The quantitative estimate of drug-likeness (QED) is 0.822. The zero-order valence-electron chi connectivity index (χ0n) is 11.4. The molecule has 0 bridgehead atoms. The molecule has 0 saturated carbocycles. The Kier molecular flexibility index (Phi) is 5.23. The number of halogens is 2. The van der Waals surface area contributed by atoms with Crippen LogP contribution in [0.3, 0.4) is 0 Å². The number of hydrogen-bond acceptors (Lipinski definition) is 4. The van der Waals surface area contributed by atoms with Crippen LogP contribution in [0.25, 0.3) is 0 Å². The molecule has 0 aliphatic carbocycles. The van der Waals surface area contributed by atoms with E-state index in [1.807, 2.05) is 26.0 Å². The average molecular weight is 404 g/mol. The Morgan fingerprint density at radius 1 is 1.25 bits per heavy atom. The molecule has 0 unspecified atom stereocenters. The van der Waals surface area contributed by atoms with Gasteiger partial charge in [0.05, 0.1) is 20.2 Å². The lowest BCUT2D eigenvalue weighted by Crippen LogP contribution is -2.04. The molecule has 4 nitrogen and oxygen atoms in total. The van der Waals surface area contributed by atoms with Gasteiger partial charge in [-0.05, 0) is 76.4 Å². The molecule has 2 N–H and O–H groups in total. The minimum Gasteiger partial charge on any atom is -0.486 e. The summed E-state index contributed by atoms with van der Waals surface area (Å²) >= 11 is 7.07. The molecule has 20 heavy (non-hydrogen) atoms. The van der Waals surface area contributed by atoms with Gasteiger partial charge in [0.15, 0.2) is 0 Å². The van der Waals surface area contributed by atoms with Crippen molar-refractivity contribution in [2.24, 2.45) is 5.73 Å². The number of aromatic nitrogens is 1. The lowest BCUT2D eigenvalue weighted by molar-refractivity contribution is 0.298. The minimum atomic E-state index is 0.425. The van der Waals surface area contributed by atoms with Crippen molar-refractivity contribution >= 4 is 31.9 Å². The van der Waals surface area contributed by atoms with Gasteiger partial charge in [0, 0.05) is 0 Å². The predicted octanol–water partition coefficient (Wildman–Crippen LogP) is 3.90. The topological polar surface area (TPSA) is 61.3 Å². The summed E-state index contributed by atoms with van der Waals surface area (Å²) in [5.41, 5.74) is 8.58. The Morgan fingerprint density at radius 3 is 2.40 bits per heavy atom. The predicted molar refractivity (Wildman–Crippen MR) is 84.9 cm³/mol. The third kappa shape index (κ3) is 3.42. The number of rotatable bonds is 5. The van der Waals surface area contributed by atoms with E-state index in [0.29, 0.717) is 13.2 Å². The fourth-order valence-electron chi connectivity index (χ4n) is 1.91. The summed E-state index contributed by atoms with van der Waals surface area (Å²) in [6.45, 7) is 4.84. The van der Waals surface area contributed by atoms with Gasteiger partial charge in [-0.2, -0.15) is 0 Å². The van der Waals surface area contributed by atoms with Crippen molar-refractivity contribution in [1.82, 2.24) is 5.16 Å². The highest BCUT2D eigenvalue weighted by Gasteiger charge is 2.13. The van der Waals surface area contributed by atoms with Gasteiger partial charge < -0.3 is 15.0 Å². The van der Waals surface area contributed by atoms with E-state index in [1.54, 1.807) is 0 Å². The molecule has 0 atom stereocenters. The highest BCUT2D eigenvalue weighted by Crippen LogP contribution is 2.35. The van der Waals surface area contributed by atoms with Crippen LogP contribution in [0.15, 0.2) is 25.6 Å². The molecule has 0 fully saturated rings. The van der Waals surface area contributed by atoms with Crippen molar-refractivity contribution in [3.05, 3.63) is 43.7 Å². The smallest absolute Gasteiger partial charge is 0.148 e. The van der Waals surface area contributed by atoms with Gasteiger partial charge >= 0.3 is 0 Å². The molecule has 1 heterocycles. The fraction of sp³-hybridized carbons (Fsp3) is 0.357. The molecule has 2 rings (SSSR count). The van der Waals surface area contributed by atoms with Gasteiger partial charge in [0.1, 0.15) is 18.1 Å². The summed E-state index contributed by atoms with van der Waals surface area (Å²) in [7, 11) is 0. The van der Waals surface area contributed by atoms with Gasteiger partial charge in [-0.3, -0.25) is 0 Å². The monoisotopic (exact) mass is 402 g/mol. The highest BCUT2D eigenvalue weighted by atomic mass is 79.9. The Morgan fingerprint density at radius 2 is 1.90 bits per heavy atom. The van der Waals surface area contributed by atoms with E-state index in [0.717, 1.165) is 43.7 Å². The molecule has 0 aliphatic heterocycles. The Balaban J connectivity index is 2.18. The van der Waals surface area contributed by atoms with Crippen LogP contribution in [0.4, 0.5) is 0 Å². The zero-order valence-corrected chi connectivity index (χ0v) is 14.5. The third-order valence-electron chi connectivity index (χ3n) is 3.03. The largest absolute Gasteiger partial charge is 0.486 e. The lowest BCUT2D eigenvalue weighted by Gasteiger charge is -2.12. The molecule has 0 saturated heterocycles. The maximum Gasteiger partial charge on any atom is 0.148 e. The molecule has 0 aliphatic rings. The van der Waals surface area contributed by atoms with Crippen LogP contribution in [0.2, 0.25) is 0 Å². The first-order chi connectivity index (χ1) is 9.52. The van der Waals surface area contributed by atoms with E-state index in [4.69, 9.17) is 15.0 Å². The van der Waals surface area contributed by atoms with Gasteiger partial charge in [0.2, 0.25) is 0 Å². The van der Waals surface area contributed by atoms with Crippen LogP contribution in [0.5, 0.6) is 5.75 Å². The van der Waals surface area contributed by atoms with Crippen LogP contribution in [-0.4, -0.2) is 11.7 Å². The van der Waals surface area contributed by atoms with E-state index in [-0.39, 0.29) is 0 Å². The van der Waals surface area contributed by atoms with Crippen LogP contribution in [-0.2, 0) is 13.0 Å². The summed E-state index contributed by atoms with van der Waals surface area (Å²) in [5, 5.41) is 3.92.